The molecule has 4 heteroatoms. The molecule has 0 radical (unpaired) electrons. The number of aryl methyl sites for hydroxylation is 1. The van der Waals surface area contributed by atoms with Crippen LogP contribution in [0.5, 0.6) is 0 Å². The van der Waals surface area contributed by atoms with Crippen molar-refractivity contribution in [1.29, 1.82) is 0 Å². The molecule has 82 valence electrons. The Morgan fingerprint density at radius 2 is 2.07 bits per heavy atom. The molecule has 0 atom stereocenters. The van der Waals surface area contributed by atoms with E-state index in [2.05, 4.69) is 10.6 Å². The first kappa shape index (κ1) is 11.9. The van der Waals surface area contributed by atoms with E-state index in [1.807, 2.05) is 32.9 Å². The molecule has 1 rings (SSSR count). The van der Waals surface area contributed by atoms with Gasteiger partial charge in [-0.25, -0.2) is 4.79 Å². The second-order valence-electron chi connectivity index (χ2n) is 3.74. The summed E-state index contributed by atoms with van der Waals surface area (Å²) in [6.07, 6.45) is 0. The van der Waals surface area contributed by atoms with Gasteiger partial charge in [-0.3, -0.25) is 0 Å². The van der Waals surface area contributed by atoms with E-state index in [0.29, 0.717) is 10.7 Å². The SMILES string of the molecule is Cc1ccc(Cl)c(NC(=O)NC(C)C)c1. The normalized spacial score (nSPS) is 10.2. The Morgan fingerprint density at radius 3 is 2.67 bits per heavy atom. The summed E-state index contributed by atoms with van der Waals surface area (Å²) >= 11 is 5.93. The summed E-state index contributed by atoms with van der Waals surface area (Å²) in [5.41, 5.74) is 1.69. The standard InChI is InChI=1S/C11H15ClN2O/c1-7(2)13-11(15)14-10-6-8(3)4-5-9(10)12/h4-7H,1-3H3,(H2,13,14,15). The van der Waals surface area contributed by atoms with Crippen LogP contribution in [0.3, 0.4) is 0 Å². The van der Waals surface area contributed by atoms with E-state index in [1.54, 1.807) is 6.07 Å². The summed E-state index contributed by atoms with van der Waals surface area (Å²) in [6.45, 7) is 5.75. The van der Waals surface area contributed by atoms with Crippen molar-refractivity contribution in [3.05, 3.63) is 28.8 Å². The van der Waals surface area contributed by atoms with Gasteiger partial charge < -0.3 is 10.6 Å². The highest BCUT2D eigenvalue weighted by Gasteiger charge is 2.06. The number of rotatable bonds is 2. The minimum Gasteiger partial charge on any atom is -0.336 e. The van der Waals surface area contributed by atoms with Crippen molar-refractivity contribution in [3.63, 3.8) is 0 Å². The van der Waals surface area contributed by atoms with E-state index < -0.39 is 0 Å². The van der Waals surface area contributed by atoms with Crippen molar-refractivity contribution in [2.24, 2.45) is 0 Å². The van der Waals surface area contributed by atoms with Crippen LogP contribution in [0, 0.1) is 6.92 Å². The zero-order valence-corrected chi connectivity index (χ0v) is 9.85. The van der Waals surface area contributed by atoms with E-state index in [-0.39, 0.29) is 12.1 Å². The average molecular weight is 227 g/mol. The number of carbonyl (C=O) groups excluding carboxylic acids is 1. The lowest BCUT2D eigenvalue weighted by Crippen LogP contribution is -2.34. The van der Waals surface area contributed by atoms with Crippen LogP contribution in [-0.4, -0.2) is 12.1 Å². The van der Waals surface area contributed by atoms with E-state index in [1.165, 1.54) is 0 Å². The Morgan fingerprint density at radius 1 is 1.40 bits per heavy atom. The Hall–Kier alpha value is -1.22. The smallest absolute Gasteiger partial charge is 0.319 e. The molecular weight excluding hydrogens is 212 g/mol. The van der Waals surface area contributed by atoms with E-state index in [9.17, 15) is 4.79 Å². The molecule has 0 bridgehead atoms. The maximum absolute atomic E-state index is 11.4. The monoisotopic (exact) mass is 226 g/mol. The zero-order valence-electron chi connectivity index (χ0n) is 9.10. The predicted octanol–water partition coefficient (Wildman–Crippen LogP) is 3.18. The fourth-order valence-corrected chi connectivity index (χ4v) is 1.32. The van der Waals surface area contributed by atoms with Crippen molar-refractivity contribution in [2.75, 3.05) is 5.32 Å². The van der Waals surface area contributed by atoms with Gasteiger partial charge in [0, 0.05) is 6.04 Å². The maximum Gasteiger partial charge on any atom is 0.319 e. The van der Waals surface area contributed by atoms with Gasteiger partial charge in [-0.15, -0.1) is 0 Å². The second kappa shape index (κ2) is 5.03. The third kappa shape index (κ3) is 3.80. The summed E-state index contributed by atoms with van der Waals surface area (Å²) in [7, 11) is 0. The molecule has 0 saturated heterocycles. The second-order valence-corrected chi connectivity index (χ2v) is 4.14. The molecule has 0 aliphatic heterocycles. The topological polar surface area (TPSA) is 41.1 Å². The lowest BCUT2D eigenvalue weighted by molar-refractivity contribution is 0.250. The lowest BCUT2D eigenvalue weighted by atomic mass is 10.2. The van der Waals surface area contributed by atoms with Gasteiger partial charge in [0.05, 0.1) is 10.7 Å². The van der Waals surface area contributed by atoms with Crippen LogP contribution in [0.4, 0.5) is 10.5 Å². The van der Waals surface area contributed by atoms with Crippen LogP contribution in [0.25, 0.3) is 0 Å². The van der Waals surface area contributed by atoms with Gasteiger partial charge in [0.1, 0.15) is 0 Å². The van der Waals surface area contributed by atoms with Crippen molar-refractivity contribution >= 4 is 23.3 Å². The summed E-state index contributed by atoms with van der Waals surface area (Å²) < 4.78 is 0. The summed E-state index contributed by atoms with van der Waals surface area (Å²) in [6, 6.07) is 5.36. The molecular formula is C11H15ClN2O. The summed E-state index contributed by atoms with van der Waals surface area (Å²) in [5, 5.41) is 5.97. The minimum absolute atomic E-state index is 0.105. The van der Waals surface area contributed by atoms with Crippen molar-refractivity contribution in [1.82, 2.24) is 5.32 Å². The van der Waals surface area contributed by atoms with E-state index in [0.717, 1.165) is 5.56 Å². The largest absolute Gasteiger partial charge is 0.336 e. The first-order valence-electron chi connectivity index (χ1n) is 4.82. The average Bonchev–Trinajstić information content (AvgIpc) is 2.10. The van der Waals surface area contributed by atoms with Crippen LogP contribution in [0.15, 0.2) is 18.2 Å². The van der Waals surface area contributed by atoms with Crippen molar-refractivity contribution < 1.29 is 4.79 Å². The van der Waals surface area contributed by atoms with Gasteiger partial charge in [-0.2, -0.15) is 0 Å². The fraction of sp³-hybridized carbons (Fsp3) is 0.364. The molecule has 0 fully saturated rings. The number of halogens is 1. The van der Waals surface area contributed by atoms with Gasteiger partial charge in [-0.1, -0.05) is 17.7 Å². The molecule has 0 aliphatic carbocycles. The fourth-order valence-electron chi connectivity index (χ4n) is 1.16. The highest BCUT2D eigenvalue weighted by molar-refractivity contribution is 6.33. The highest BCUT2D eigenvalue weighted by Crippen LogP contribution is 2.22. The molecule has 1 aromatic rings. The molecule has 2 N–H and O–H groups in total. The number of urea groups is 1. The number of hydrogen-bond acceptors (Lipinski definition) is 1. The van der Waals surface area contributed by atoms with Crippen LogP contribution in [0.1, 0.15) is 19.4 Å². The van der Waals surface area contributed by atoms with Gasteiger partial charge in [0.25, 0.3) is 0 Å². The number of anilines is 1. The van der Waals surface area contributed by atoms with Crippen LogP contribution in [-0.2, 0) is 0 Å². The molecule has 0 unspecified atom stereocenters. The Kier molecular flexibility index (Phi) is 3.97. The number of hydrogen-bond donors (Lipinski definition) is 2. The molecule has 0 aliphatic rings. The number of nitrogens with one attached hydrogen (secondary N) is 2. The molecule has 15 heavy (non-hydrogen) atoms. The molecule has 2 amide bonds. The van der Waals surface area contributed by atoms with E-state index in [4.69, 9.17) is 11.6 Å². The van der Waals surface area contributed by atoms with Crippen molar-refractivity contribution in [2.45, 2.75) is 26.8 Å². The highest BCUT2D eigenvalue weighted by atomic mass is 35.5. The van der Waals surface area contributed by atoms with E-state index >= 15 is 0 Å². The third-order valence-corrected chi connectivity index (χ3v) is 2.12. The molecule has 0 saturated carbocycles. The van der Waals surface area contributed by atoms with Gasteiger partial charge in [-0.05, 0) is 38.5 Å². The lowest BCUT2D eigenvalue weighted by Gasteiger charge is -2.11. The first-order valence-corrected chi connectivity index (χ1v) is 5.20. The van der Waals surface area contributed by atoms with Gasteiger partial charge in [0.2, 0.25) is 0 Å². The maximum atomic E-state index is 11.4. The Bertz CT molecular complexity index is 364. The van der Waals surface area contributed by atoms with Crippen LogP contribution < -0.4 is 10.6 Å². The Balaban J connectivity index is 2.71. The van der Waals surface area contributed by atoms with Gasteiger partial charge >= 0.3 is 6.03 Å². The summed E-state index contributed by atoms with van der Waals surface area (Å²) in [5.74, 6) is 0. The number of carbonyl (C=O) groups is 1. The molecule has 0 heterocycles. The summed E-state index contributed by atoms with van der Waals surface area (Å²) in [4.78, 5) is 11.4. The Labute approximate surface area is 94.8 Å². The molecule has 1 aromatic carbocycles. The molecule has 0 aromatic heterocycles. The number of amides is 2. The third-order valence-electron chi connectivity index (χ3n) is 1.79. The number of benzene rings is 1. The van der Waals surface area contributed by atoms with Gasteiger partial charge in [0.15, 0.2) is 0 Å². The molecule has 3 nitrogen and oxygen atoms in total. The first-order chi connectivity index (χ1) is 6.99. The minimum atomic E-state index is -0.238. The van der Waals surface area contributed by atoms with Crippen molar-refractivity contribution in [3.8, 4) is 0 Å². The zero-order chi connectivity index (χ0) is 11.4. The van der Waals surface area contributed by atoms with Crippen LogP contribution >= 0.6 is 11.6 Å². The quantitative estimate of drug-likeness (QED) is 0.799. The predicted molar refractivity (Wildman–Crippen MR) is 63.5 cm³/mol. The van der Waals surface area contributed by atoms with Crippen LogP contribution in [0.2, 0.25) is 5.02 Å². The molecule has 0 spiro atoms.